The second-order valence-corrected chi connectivity index (χ2v) is 11.5. The first-order valence-corrected chi connectivity index (χ1v) is 15.2. The van der Waals surface area contributed by atoms with E-state index >= 15 is 0 Å². The molecule has 0 aliphatic carbocycles. The minimum atomic E-state index is -0.919. The maximum absolute atomic E-state index is 14.4. The highest BCUT2D eigenvalue weighted by Crippen LogP contribution is 2.48. The zero-order valence-corrected chi connectivity index (χ0v) is 26.0. The smallest absolute Gasteiger partial charge is 0.307 e. The van der Waals surface area contributed by atoms with E-state index in [2.05, 4.69) is 5.48 Å². The third-order valence-corrected chi connectivity index (χ3v) is 8.29. The van der Waals surface area contributed by atoms with Gasteiger partial charge in [0.1, 0.15) is 0 Å². The average Bonchev–Trinajstić information content (AvgIpc) is 3.03. The van der Waals surface area contributed by atoms with Gasteiger partial charge in [-0.15, -0.1) is 0 Å². The number of nitrogens with zero attached hydrogens (tertiary/aromatic N) is 1. The van der Waals surface area contributed by atoms with Crippen molar-refractivity contribution < 1.29 is 29.1 Å². The Balaban J connectivity index is 1.54. The minimum Gasteiger partial charge on any atom is -0.481 e. The summed E-state index contributed by atoms with van der Waals surface area (Å²) in [7, 11) is 0. The van der Waals surface area contributed by atoms with Gasteiger partial charge < -0.3 is 14.7 Å². The summed E-state index contributed by atoms with van der Waals surface area (Å²) in [6.07, 6.45) is -0.0872. The number of nitrogens with one attached hydrogen (secondary N) is 1. The number of amides is 2. The van der Waals surface area contributed by atoms with Gasteiger partial charge in [-0.1, -0.05) is 102 Å². The van der Waals surface area contributed by atoms with Crippen LogP contribution in [0, 0.1) is 0 Å². The molecule has 232 valence electrons. The maximum atomic E-state index is 14.4. The van der Waals surface area contributed by atoms with E-state index in [0.29, 0.717) is 38.9 Å². The summed E-state index contributed by atoms with van der Waals surface area (Å²) in [6.45, 7) is 2.55. The van der Waals surface area contributed by atoms with Crippen molar-refractivity contribution >= 4 is 41.0 Å². The molecule has 5 rings (SSSR count). The molecule has 4 aromatic rings. The molecule has 45 heavy (non-hydrogen) atoms. The molecular weight excluding hydrogens is 615 g/mol. The first kappa shape index (κ1) is 32.2. The first-order valence-electron chi connectivity index (χ1n) is 14.5. The Hall–Kier alpha value is -4.21. The molecular formula is C35H32Cl2N2O6. The summed E-state index contributed by atoms with van der Waals surface area (Å²) in [5.41, 5.74) is 6.33. The SMILES string of the molecule is CCOC[C@H](c1ccccc1)N1C(=O)c2ccccc2[C@@H](C(=O)NOCc2ccc(CC(=O)O)cc2)[C@@H]1c1ccc(Cl)cc1Cl. The van der Waals surface area contributed by atoms with Crippen molar-refractivity contribution in [2.24, 2.45) is 0 Å². The molecule has 3 atom stereocenters. The summed E-state index contributed by atoms with van der Waals surface area (Å²) in [5, 5.41) is 9.76. The molecule has 0 spiro atoms. The van der Waals surface area contributed by atoms with E-state index in [9.17, 15) is 14.4 Å². The van der Waals surface area contributed by atoms with Crippen LogP contribution in [0.1, 0.15) is 63.1 Å². The molecule has 0 saturated carbocycles. The van der Waals surface area contributed by atoms with Crippen LogP contribution in [0.5, 0.6) is 0 Å². The quantitative estimate of drug-likeness (QED) is 0.162. The van der Waals surface area contributed by atoms with Gasteiger partial charge in [0.2, 0.25) is 0 Å². The predicted molar refractivity (Wildman–Crippen MR) is 171 cm³/mol. The predicted octanol–water partition coefficient (Wildman–Crippen LogP) is 6.93. The van der Waals surface area contributed by atoms with E-state index in [1.807, 2.05) is 37.3 Å². The van der Waals surface area contributed by atoms with Gasteiger partial charge in [0, 0.05) is 22.2 Å². The van der Waals surface area contributed by atoms with E-state index in [0.717, 1.165) is 11.1 Å². The van der Waals surface area contributed by atoms with Crippen molar-refractivity contribution in [3.63, 3.8) is 0 Å². The number of ether oxygens (including phenoxy) is 1. The Morgan fingerprint density at radius 3 is 2.29 bits per heavy atom. The van der Waals surface area contributed by atoms with E-state index in [4.69, 9.17) is 37.9 Å². The largest absolute Gasteiger partial charge is 0.481 e. The third-order valence-electron chi connectivity index (χ3n) is 7.73. The zero-order valence-electron chi connectivity index (χ0n) is 24.5. The third kappa shape index (κ3) is 7.37. The fourth-order valence-electron chi connectivity index (χ4n) is 5.67. The van der Waals surface area contributed by atoms with Gasteiger partial charge in [0.15, 0.2) is 0 Å². The number of carboxylic acid groups (broad SMARTS) is 1. The lowest BCUT2D eigenvalue weighted by Gasteiger charge is -2.45. The van der Waals surface area contributed by atoms with Crippen molar-refractivity contribution in [3.8, 4) is 0 Å². The number of fused-ring (bicyclic) bond motifs is 1. The molecule has 2 N–H and O–H groups in total. The van der Waals surface area contributed by atoms with Gasteiger partial charge >= 0.3 is 5.97 Å². The Morgan fingerprint density at radius 2 is 1.60 bits per heavy atom. The van der Waals surface area contributed by atoms with Crippen LogP contribution in [0.2, 0.25) is 10.0 Å². The molecule has 1 aliphatic heterocycles. The van der Waals surface area contributed by atoms with E-state index in [1.54, 1.807) is 71.6 Å². The highest BCUT2D eigenvalue weighted by atomic mass is 35.5. The van der Waals surface area contributed by atoms with Crippen molar-refractivity contribution in [1.29, 1.82) is 0 Å². The number of hydroxylamine groups is 1. The fourth-order valence-corrected chi connectivity index (χ4v) is 6.19. The molecule has 0 fully saturated rings. The van der Waals surface area contributed by atoms with E-state index < -0.39 is 29.9 Å². The Bertz CT molecular complexity index is 1660. The van der Waals surface area contributed by atoms with E-state index in [-0.39, 0.29) is 25.5 Å². The van der Waals surface area contributed by atoms with Gasteiger partial charge in [-0.25, -0.2) is 5.48 Å². The van der Waals surface area contributed by atoms with Crippen LogP contribution in [-0.2, 0) is 32.2 Å². The number of carboxylic acids is 1. The van der Waals surface area contributed by atoms with Gasteiger partial charge in [-0.3, -0.25) is 19.2 Å². The molecule has 0 unspecified atom stereocenters. The van der Waals surface area contributed by atoms with Gasteiger partial charge in [-0.2, -0.15) is 0 Å². The molecule has 0 bridgehead atoms. The summed E-state index contributed by atoms with van der Waals surface area (Å²) >= 11 is 13.1. The van der Waals surface area contributed by atoms with Gasteiger partial charge in [-0.05, 0) is 52.9 Å². The van der Waals surface area contributed by atoms with Gasteiger partial charge in [0.25, 0.3) is 11.8 Å². The number of benzene rings is 4. The standard InChI is InChI=1S/C35H32Cl2N2O6/c1-2-44-21-30(24-8-4-3-5-9-24)39-33(28-17-16-25(36)19-29(28)37)32(26-10-6-7-11-27(26)35(39)43)34(42)38-45-20-23-14-12-22(13-15-23)18-31(40)41/h3-17,19,30,32-33H,2,18,20-21H2,1H3,(H,38,42)(H,40,41)/t30-,32-,33+/m1/s1. The van der Waals surface area contributed by atoms with Crippen LogP contribution in [0.4, 0.5) is 0 Å². The number of rotatable bonds is 12. The molecule has 1 aliphatic rings. The normalized spacial score (nSPS) is 16.6. The molecule has 10 heteroatoms. The summed E-state index contributed by atoms with van der Waals surface area (Å²) in [6, 6.07) is 27.1. The Kier molecular flexibility index (Phi) is 10.5. The zero-order chi connectivity index (χ0) is 31.9. The number of hydrogen-bond acceptors (Lipinski definition) is 5. The number of halogens is 2. The molecule has 0 radical (unpaired) electrons. The second-order valence-electron chi connectivity index (χ2n) is 10.6. The second kappa shape index (κ2) is 14.7. The van der Waals surface area contributed by atoms with Crippen molar-refractivity contribution in [2.45, 2.75) is 38.0 Å². The highest BCUT2D eigenvalue weighted by Gasteiger charge is 2.47. The van der Waals surface area contributed by atoms with Crippen LogP contribution in [0.15, 0.2) is 97.1 Å². The van der Waals surface area contributed by atoms with E-state index in [1.165, 1.54) is 0 Å². The minimum absolute atomic E-state index is 0.0411. The van der Waals surface area contributed by atoms with Crippen LogP contribution in [-0.4, -0.2) is 41.0 Å². The summed E-state index contributed by atoms with van der Waals surface area (Å²) in [5.74, 6) is -2.57. The monoisotopic (exact) mass is 646 g/mol. The number of carbonyl (C=O) groups is 3. The van der Waals surface area contributed by atoms with Gasteiger partial charge in [0.05, 0.1) is 37.6 Å². The molecule has 1 heterocycles. The molecule has 8 nitrogen and oxygen atoms in total. The molecule has 0 saturated heterocycles. The van der Waals surface area contributed by atoms with Crippen LogP contribution >= 0.6 is 23.2 Å². The number of carbonyl (C=O) groups excluding carboxylic acids is 2. The first-order chi connectivity index (χ1) is 21.8. The average molecular weight is 648 g/mol. The topological polar surface area (TPSA) is 105 Å². The van der Waals surface area contributed by atoms with Crippen molar-refractivity contribution in [2.75, 3.05) is 13.2 Å². The molecule has 2 amide bonds. The number of hydrogen-bond donors (Lipinski definition) is 2. The number of aliphatic carboxylic acids is 1. The Morgan fingerprint density at radius 1 is 0.911 bits per heavy atom. The maximum Gasteiger partial charge on any atom is 0.307 e. The van der Waals surface area contributed by atoms with Crippen LogP contribution in [0.25, 0.3) is 0 Å². The summed E-state index contributed by atoms with van der Waals surface area (Å²) < 4.78 is 5.91. The molecule has 0 aromatic heterocycles. The van der Waals surface area contributed by atoms with Crippen LogP contribution in [0.3, 0.4) is 0 Å². The van der Waals surface area contributed by atoms with Crippen molar-refractivity contribution in [1.82, 2.24) is 10.4 Å². The molecule has 4 aromatic carbocycles. The summed E-state index contributed by atoms with van der Waals surface area (Å²) in [4.78, 5) is 47.0. The van der Waals surface area contributed by atoms with Crippen molar-refractivity contribution in [3.05, 3.63) is 140 Å². The lowest BCUT2D eigenvalue weighted by atomic mass is 9.78. The highest BCUT2D eigenvalue weighted by molar-refractivity contribution is 6.35. The Labute approximate surface area is 271 Å². The van der Waals surface area contributed by atoms with Crippen LogP contribution < -0.4 is 5.48 Å². The lowest BCUT2D eigenvalue weighted by molar-refractivity contribution is -0.138. The lowest BCUT2D eigenvalue weighted by Crippen LogP contribution is -2.49. The fraction of sp³-hybridized carbons (Fsp3) is 0.229.